The van der Waals surface area contributed by atoms with Crippen molar-refractivity contribution in [3.63, 3.8) is 0 Å². The summed E-state index contributed by atoms with van der Waals surface area (Å²) in [4.78, 5) is 19.2. The fraction of sp³-hybridized carbons (Fsp3) is 0.286. The lowest BCUT2D eigenvalue weighted by Gasteiger charge is -2.23. The van der Waals surface area contributed by atoms with Crippen LogP contribution in [0.15, 0.2) is 65.2 Å². The van der Waals surface area contributed by atoms with Gasteiger partial charge in [0.15, 0.2) is 0 Å². The summed E-state index contributed by atoms with van der Waals surface area (Å²) in [5, 5.41) is 2.01. The van der Waals surface area contributed by atoms with Crippen LogP contribution in [0.4, 0.5) is 0 Å². The molecule has 0 N–H and O–H groups in total. The molecule has 0 atom stereocenters. The molecule has 5 nitrogen and oxygen atoms in total. The largest absolute Gasteiger partial charge is 0.437 e. The zero-order chi connectivity index (χ0) is 23.4. The molecular weight excluding hydrogens is 408 g/mol. The van der Waals surface area contributed by atoms with Gasteiger partial charge in [0, 0.05) is 33.4 Å². The van der Waals surface area contributed by atoms with Crippen LogP contribution in [0.25, 0.3) is 44.7 Å². The molecule has 0 spiro atoms. The van der Waals surface area contributed by atoms with Crippen molar-refractivity contribution in [2.75, 3.05) is 0 Å². The molecule has 5 rings (SSSR count). The number of pyridine rings is 2. The van der Waals surface area contributed by atoms with E-state index in [9.17, 15) is 0 Å². The third kappa shape index (κ3) is 3.88. The molecule has 5 heteroatoms. The van der Waals surface area contributed by atoms with Crippen molar-refractivity contribution in [1.29, 1.82) is 0 Å². The Morgan fingerprint density at radius 1 is 0.667 bits per heavy atom. The first kappa shape index (κ1) is 21.3. The molecule has 0 saturated carbocycles. The Balaban J connectivity index is 1.70. The standard InChI is InChI=1S/C28H28N4O/c1-27(2,3)23-16-22(31-26(32-23)28(4,5)6)21-14-13-18-17-10-9-11-19(20-12-7-8-15-29-20)24(17)33-25(18)30-21/h7-16H,1-6H3. The first-order chi connectivity index (χ1) is 15.6. The van der Waals surface area contributed by atoms with Crippen LogP contribution in [0, 0.1) is 0 Å². The van der Waals surface area contributed by atoms with E-state index < -0.39 is 0 Å². The summed E-state index contributed by atoms with van der Waals surface area (Å²) in [6, 6.07) is 18.1. The van der Waals surface area contributed by atoms with Crippen LogP contribution in [0.1, 0.15) is 53.1 Å². The molecule has 0 unspecified atom stereocenters. The number of para-hydroxylation sites is 1. The third-order valence-electron chi connectivity index (χ3n) is 5.73. The number of hydrogen-bond acceptors (Lipinski definition) is 5. The summed E-state index contributed by atoms with van der Waals surface area (Å²) < 4.78 is 6.30. The van der Waals surface area contributed by atoms with Crippen LogP contribution in [-0.2, 0) is 10.8 Å². The van der Waals surface area contributed by atoms with Crippen LogP contribution < -0.4 is 0 Å². The van der Waals surface area contributed by atoms with Gasteiger partial charge in [0.2, 0.25) is 5.71 Å². The highest BCUT2D eigenvalue weighted by molar-refractivity contribution is 6.08. The predicted molar refractivity (Wildman–Crippen MR) is 133 cm³/mol. The maximum absolute atomic E-state index is 6.30. The summed E-state index contributed by atoms with van der Waals surface area (Å²) in [5.41, 5.74) is 5.55. The Labute approximate surface area is 194 Å². The maximum Gasteiger partial charge on any atom is 0.227 e. The van der Waals surface area contributed by atoms with Gasteiger partial charge in [0.05, 0.1) is 22.8 Å². The van der Waals surface area contributed by atoms with Gasteiger partial charge in [0.25, 0.3) is 0 Å². The molecule has 0 bridgehead atoms. The fourth-order valence-electron chi connectivity index (χ4n) is 3.84. The van der Waals surface area contributed by atoms with E-state index in [4.69, 9.17) is 19.4 Å². The predicted octanol–water partition coefficient (Wildman–Crippen LogP) is 7.10. The van der Waals surface area contributed by atoms with Crippen molar-refractivity contribution in [2.24, 2.45) is 0 Å². The average molecular weight is 437 g/mol. The number of furan rings is 1. The average Bonchev–Trinajstić information content (AvgIpc) is 3.16. The molecular formula is C28H28N4O. The van der Waals surface area contributed by atoms with Crippen LogP contribution in [0.3, 0.4) is 0 Å². The number of hydrogen-bond donors (Lipinski definition) is 0. The molecule has 0 fully saturated rings. The van der Waals surface area contributed by atoms with Crippen molar-refractivity contribution < 1.29 is 4.42 Å². The van der Waals surface area contributed by atoms with E-state index in [1.54, 1.807) is 6.20 Å². The van der Waals surface area contributed by atoms with Gasteiger partial charge >= 0.3 is 0 Å². The Bertz CT molecular complexity index is 1440. The zero-order valence-corrected chi connectivity index (χ0v) is 20.0. The molecule has 166 valence electrons. The maximum atomic E-state index is 6.30. The SMILES string of the molecule is CC(C)(C)c1cc(-c2ccc3c(n2)oc2c(-c4ccccn4)cccc23)nc(C(C)(C)C)n1. The van der Waals surface area contributed by atoms with Gasteiger partial charge in [-0.25, -0.2) is 15.0 Å². The van der Waals surface area contributed by atoms with Gasteiger partial charge < -0.3 is 4.42 Å². The third-order valence-corrected chi connectivity index (χ3v) is 5.73. The smallest absolute Gasteiger partial charge is 0.227 e. The fourth-order valence-corrected chi connectivity index (χ4v) is 3.84. The highest BCUT2D eigenvalue weighted by atomic mass is 16.3. The van der Waals surface area contributed by atoms with Crippen molar-refractivity contribution in [1.82, 2.24) is 19.9 Å². The molecule has 0 saturated heterocycles. The minimum Gasteiger partial charge on any atom is -0.437 e. The molecule has 33 heavy (non-hydrogen) atoms. The Kier molecular flexibility index (Phi) is 4.82. The molecule has 1 aromatic carbocycles. The van der Waals surface area contributed by atoms with E-state index in [1.807, 2.05) is 42.5 Å². The number of rotatable bonds is 2. The summed E-state index contributed by atoms with van der Waals surface area (Å²) in [6.07, 6.45) is 1.79. The van der Waals surface area contributed by atoms with Gasteiger partial charge in [-0.2, -0.15) is 0 Å². The Hall–Kier alpha value is -3.60. The lowest BCUT2D eigenvalue weighted by atomic mass is 9.89. The van der Waals surface area contributed by atoms with E-state index in [0.29, 0.717) is 5.71 Å². The van der Waals surface area contributed by atoms with Crippen LogP contribution >= 0.6 is 0 Å². The highest BCUT2D eigenvalue weighted by Crippen LogP contribution is 2.36. The number of nitrogens with zero attached hydrogens (tertiary/aromatic N) is 4. The van der Waals surface area contributed by atoms with E-state index in [-0.39, 0.29) is 10.8 Å². The molecule has 4 aromatic heterocycles. The van der Waals surface area contributed by atoms with Crippen molar-refractivity contribution >= 4 is 22.1 Å². The Morgan fingerprint density at radius 3 is 2.18 bits per heavy atom. The molecule has 4 heterocycles. The lowest BCUT2D eigenvalue weighted by Crippen LogP contribution is -2.22. The van der Waals surface area contributed by atoms with Crippen LogP contribution in [0.5, 0.6) is 0 Å². The molecule has 5 aromatic rings. The normalized spacial score (nSPS) is 12.5. The Morgan fingerprint density at radius 2 is 1.48 bits per heavy atom. The highest BCUT2D eigenvalue weighted by Gasteiger charge is 2.24. The van der Waals surface area contributed by atoms with Crippen LogP contribution in [-0.4, -0.2) is 19.9 Å². The molecule has 0 aliphatic carbocycles. The van der Waals surface area contributed by atoms with Gasteiger partial charge in [0.1, 0.15) is 11.4 Å². The van der Waals surface area contributed by atoms with Gasteiger partial charge in [-0.15, -0.1) is 0 Å². The molecule has 0 amide bonds. The van der Waals surface area contributed by atoms with Crippen molar-refractivity contribution in [3.05, 3.63) is 72.3 Å². The monoisotopic (exact) mass is 436 g/mol. The van der Waals surface area contributed by atoms with E-state index in [2.05, 4.69) is 58.7 Å². The van der Waals surface area contributed by atoms with E-state index in [1.165, 1.54) is 0 Å². The number of fused-ring (bicyclic) bond motifs is 3. The minimum absolute atomic E-state index is 0.0985. The summed E-state index contributed by atoms with van der Waals surface area (Å²) in [7, 11) is 0. The zero-order valence-electron chi connectivity index (χ0n) is 20.0. The number of benzene rings is 1. The lowest BCUT2D eigenvalue weighted by molar-refractivity contribution is 0.514. The molecule has 0 aliphatic rings. The van der Waals surface area contributed by atoms with Crippen molar-refractivity contribution in [2.45, 2.75) is 52.4 Å². The first-order valence-corrected chi connectivity index (χ1v) is 11.3. The van der Waals surface area contributed by atoms with E-state index in [0.717, 1.165) is 50.5 Å². The first-order valence-electron chi connectivity index (χ1n) is 11.3. The minimum atomic E-state index is -0.170. The van der Waals surface area contributed by atoms with Gasteiger partial charge in [-0.3, -0.25) is 4.98 Å². The van der Waals surface area contributed by atoms with Gasteiger partial charge in [-0.1, -0.05) is 59.7 Å². The summed E-state index contributed by atoms with van der Waals surface area (Å²) in [6.45, 7) is 12.9. The van der Waals surface area contributed by atoms with Crippen molar-refractivity contribution in [3.8, 4) is 22.6 Å². The van der Waals surface area contributed by atoms with Gasteiger partial charge in [-0.05, 0) is 36.4 Å². The van der Waals surface area contributed by atoms with Crippen LogP contribution in [0.2, 0.25) is 0 Å². The second-order valence-corrected chi connectivity index (χ2v) is 10.5. The molecule has 0 aliphatic heterocycles. The summed E-state index contributed by atoms with van der Waals surface area (Å²) >= 11 is 0. The summed E-state index contributed by atoms with van der Waals surface area (Å²) in [5.74, 6) is 0.814. The second kappa shape index (κ2) is 7.48. The van der Waals surface area contributed by atoms with E-state index >= 15 is 0 Å². The second-order valence-electron chi connectivity index (χ2n) is 10.5. The molecule has 0 radical (unpaired) electrons. The number of aromatic nitrogens is 4. The topological polar surface area (TPSA) is 64.7 Å². The quantitative estimate of drug-likeness (QED) is 0.295.